The molecule has 12 aromatic carbocycles. The molecule has 0 fully saturated rings. The third-order valence-electron chi connectivity index (χ3n) is 15.6. The largest absolute Gasteiger partial charge is 0.458 e. The lowest BCUT2D eigenvalue weighted by molar-refractivity contribution is -0.570. The Bertz CT molecular complexity index is 6470. The Morgan fingerprint density at radius 2 is 0.910 bits per heavy atom. The van der Waals surface area contributed by atoms with Crippen LogP contribution in [0.1, 0.15) is 74.3 Å². The second kappa shape index (κ2) is 22.9. The average molecular weight is 1210 g/mol. The molecule has 0 unspecified atom stereocenters. The van der Waals surface area contributed by atoms with Crippen LogP contribution in [0.25, 0.3) is 61.2 Å². The molecule has 0 spiro atoms. The predicted octanol–water partition coefficient (Wildman–Crippen LogP) is 13.7. The van der Waals surface area contributed by atoms with Crippen LogP contribution in [0.5, 0.6) is 11.5 Å². The number of fused-ring (bicyclic) bond motifs is 4. The van der Waals surface area contributed by atoms with E-state index in [2.05, 4.69) is 27.1 Å². The zero-order valence-corrected chi connectivity index (χ0v) is 49.2. The SMILES string of the molecule is [2H]c1c([2H])c([2H])c(-c2ccc3c(c2)n(-c2cccc(Oc4ccc5c6ccccc6n(-c6cc(C(C)(C)C)ccn6)c5c4)c2)[c-][n+]3-c2c([Si](c3c([2H])c([2H])c([2H])c([2H])c3[2H])(c3c([2H])c([2H])c([2H])c([2H])c3[2H])c3c([2H])c([2H])c([2H])c([2H])c3[2H])cccc2[Si](c2c([2H])c([2H])c([2H])c([2H])c2[2H])(c2c([2H])c([2H])c([2H])c([2H])c2[2H])c2c([2H])c([2H])c([2H])c([2H])c2[2H])c([2H])c1[2H]. The van der Waals surface area contributed by atoms with E-state index in [0.717, 1.165) is 44.6 Å². The quantitative estimate of drug-likeness (QED) is 0.0471. The van der Waals surface area contributed by atoms with Gasteiger partial charge in [0.15, 0.2) is 16.1 Å². The molecule has 7 heteroatoms. The maximum atomic E-state index is 10.4. The van der Waals surface area contributed by atoms with Crippen LogP contribution >= 0.6 is 0 Å². The third-order valence-corrected chi connectivity index (χ3v) is 24.0. The molecule has 15 aromatic rings. The van der Waals surface area contributed by atoms with Gasteiger partial charge in [0, 0.05) is 23.0 Å². The summed E-state index contributed by atoms with van der Waals surface area (Å²) in [6, 6.07) is -12.8. The summed E-state index contributed by atoms with van der Waals surface area (Å²) in [5.41, 5.74) is -0.174. The zero-order valence-electron chi connectivity index (χ0n) is 82.2. The zero-order chi connectivity index (χ0) is 90.4. The molecule has 0 amide bonds. The highest BCUT2D eigenvalue weighted by molar-refractivity contribution is 7.22. The first-order valence-electron chi connectivity index (χ1n) is 45.2. The lowest BCUT2D eigenvalue weighted by Gasteiger charge is -2.40. The molecular formula is C82H64N4OSi2. The summed E-state index contributed by atoms with van der Waals surface area (Å²) in [6.07, 6.45) is 4.97. The van der Waals surface area contributed by atoms with Gasteiger partial charge in [0.2, 0.25) is 0 Å². The van der Waals surface area contributed by atoms with Crippen molar-refractivity contribution < 1.29 is 57.3 Å². The van der Waals surface area contributed by atoms with E-state index in [1.54, 1.807) is 24.4 Å². The monoisotopic (exact) mass is 1210 g/mol. The van der Waals surface area contributed by atoms with E-state index in [9.17, 15) is 35.6 Å². The molecule has 0 aliphatic carbocycles. The first-order chi connectivity index (χ1) is 58.3. The molecule has 426 valence electrons. The number of pyridine rings is 1. The summed E-state index contributed by atoms with van der Waals surface area (Å²) >= 11 is 0. The molecule has 0 atom stereocenters. The minimum Gasteiger partial charge on any atom is -0.458 e. The summed E-state index contributed by atoms with van der Waals surface area (Å²) < 4.78 is 351. The second-order valence-corrected chi connectivity index (χ2v) is 28.5. The lowest BCUT2D eigenvalue weighted by atomic mass is 9.88. The molecule has 0 N–H and O–H groups in total. The van der Waals surface area contributed by atoms with Crippen molar-refractivity contribution in [3.63, 3.8) is 0 Å². The highest BCUT2D eigenvalue weighted by Gasteiger charge is 2.48. The number of imidazole rings is 1. The summed E-state index contributed by atoms with van der Waals surface area (Å²) in [7, 11) is -13.7. The van der Waals surface area contributed by atoms with Gasteiger partial charge in [-0.1, -0.05) is 287 Å². The Morgan fingerprint density at radius 1 is 0.427 bits per heavy atom. The summed E-state index contributed by atoms with van der Waals surface area (Å²) in [5, 5.41) is -7.28. The predicted molar refractivity (Wildman–Crippen MR) is 374 cm³/mol. The van der Waals surface area contributed by atoms with E-state index in [-0.39, 0.29) is 39.2 Å². The third kappa shape index (κ3) is 9.54. The van der Waals surface area contributed by atoms with Crippen molar-refractivity contribution in [1.82, 2.24) is 14.1 Å². The Balaban J connectivity index is 1.24. The van der Waals surface area contributed by atoms with Crippen molar-refractivity contribution >= 4 is 90.5 Å². The fraction of sp³-hybridized carbons (Fsp3) is 0.0488. The van der Waals surface area contributed by atoms with Crippen LogP contribution in [0.3, 0.4) is 0 Å². The first-order valence-corrected chi connectivity index (χ1v) is 31.7. The van der Waals surface area contributed by atoms with E-state index < -0.39 is 280 Å². The molecule has 3 heterocycles. The maximum Gasteiger partial charge on any atom is 0.269 e. The molecule has 3 aromatic heterocycles. The summed E-state index contributed by atoms with van der Waals surface area (Å²) in [4.78, 5) is 4.83. The van der Waals surface area contributed by atoms with Gasteiger partial charge in [-0.3, -0.25) is 13.7 Å². The molecule has 0 bridgehead atoms. The molecule has 0 aliphatic rings. The number of hydrogen-bond acceptors (Lipinski definition) is 2. The minimum atomic E-state index is -6.86. The molecule has 5 nitrogen and oxygen atoms in total. The van der Waals surface area contributed by atoms with Crippen LogP contribution in [-0.2, 0) is 5.41 Å². The summed E-state index contributed by atoms with van der Waals surface area (Å²) in [5.74, 6) is 0.822. The number of para-hydroxylation sites is 2. The summed E-state index contributed by atoms with van der Waals surface area (Å²) in [6.45, 7) is 6.19. The van der Waals surface area contributed by atoms with E-state index in [0.29, 0.717) is 11.3 Å². The lowest BCUT2D eigenvalue weighted by Crippen LogP contribution is -2.80. The Kier molecular flexibility index (Phi) is 7.41. The average Bonchev–Trinajstić information content (AvgIpc) is 1.18. The van der Waals surface area contributed by atoms with Gasteiger partial charge in [0.25, 0.3) is 6.33 Å². The van der Waals surface area contributed by atoms with Crippen molar-refractivity contribution in [2.24, 2.45) is 0 Å². The van der Waals surface area contributed by atoms with E-state index in [4.69, 9.17) is 22.1 Å². The smallest absolute Gasteiger partial charge is 0.269 e. The van der Waals surface area contributed by atoms with Crippen LogP contribution in [0, 0.1) is 6.33 Å². The van der Waals surface area contributed by atoms with Gasteiger partial charge >= 0.3 is 0 Å². The Hall–Kier alpha value is -10.7. The topological polar surface area (TPSA) is 35.9 Å². The molecular weight excluding hydrogens is 1110 g/mol. The van der Waals surface area contributed by atoms with Crippen LogP contribution in [0.15, 0.2) is 333 Å². The number of rotatable bonds is 14. The van der Waals surface area contributed by atoms with Crippen molar-refractivity contribution in [3.8, 4) is 39.8 Å². The molecule has 0 saturated heterocycles. The van der Waals surface area contributed by atoms with Gasteiger partial charge < -0.3 is 4.74 Å². The fourth-order valence-electron chi connectivity index (χ4n) is 11.7. The molecule has 89 heavy (non-hydrogen) atoms. The number of hydrogen-bond donors (Lipinski definition) is 0. The normalized spacial score (nSPS) is 17.5. The number of aromatic nitrogens is 4. The van der Waals surface area contributed by atoms with Crippen molar-refractivity contribution in [2.75, 3.05) is 0 Å². The second-order valence-electron chi connectivity index (χ2n) is 21.5. The first kappa shape index (κ1) is 28.9. The highest BCUT2D eigenvalue weighted by atomic mass is 28.3. The van der Waals surface area contributed by atoms with Crippen molar-refractivity contribution in [3.05, 3.63) is 345 Å². The van der Waals surface area contributed by atoms with Crippen molar-refractivity contribution in [2.45, 2.75) is 26.2 Å². The van der Waals surface area contributed by atoms with Crippen LogP contribution in [-0.4, -0.2) is 30.3 Å². The Morgan fingerprint density at radius 3 is 1.44 bits per heavy atom. The standard InChI is InChI=1S/C82H64N4OSi2/c1-82(2,3)62-53-54-83-80(56-62)86-74-46-26-25-45-72(74)73-51-50-65(58-76(73)86)87-64-32-27-31-63(57-64)84-59-85(75-52-49-61(55-77(75)84)60-29-11-4-12-30-60)81-78(88(66-33-13-5-14-34-66,67-35-15-6-16-36-67)68-37-17-7-18-38-68)47-28-48-79(81)89(69-39-19-8-20-40-69,70-41-21-9-22-42-70)71-43-23-10-24-44-71/h4-58H,1-3H3/i4D,5D,6D,7D,8D,9D,10D,11D,12D,13D,14D,15D,16D,17D,18D,19D,20D,21D,22D,23D,24D,29D,30D,33D,34D,35D,36D,37D,38D,39D,40D,41D,42D,43D,44D. The number of benzene rings is 12. The van der Waals surface area contributed by atoms with Crippen molar-refractivity contribution in [1.29, 1.82) is 0 Å². The Labute approximate surface area is 571 Å². The number of ether oxygens (including phenoxy) is 1. The minimum absolute atomic E-state index is 0.0296. The molecule has 0 aliphatic heterocycles. The van der Waals surface area contributed by atoms with Gasteiger partial charge in [-0.25, -0.2) is 4.98 Å². The van der Waals surface area contributed by atoms with Gasteiger partial charge in [0.1, 0.15) is 17.3 Å². The van der Waals surface area contributed by atoms with Crippen LogP contribution in [0.2, 0.25) is 0 Å². The van der Waals surface area contributed by atoms with Crippen LogP contribution < -0.4 is 50.8 Å². The van der Waals surface area contributed by atoms with E-state index >= 15 is 0 Å². The van der Waals surface area contributed by atoms with Gasteiger partial charge in [-0.15, -0.1) is 0 Å². The van der Waals surface area contributed by atoms with Gasteiger partial charge in [0.05, 0.1) is 81.4 Å². The molecule has 15 rings (SSSR count). The van der Waals surface area contributed by atoms with Gasteiger partial charge in [-0.2, -0.15) is 0 Å². The van der Waals surface area contributed by atoms with E-state index in [1.807, 2.05) is 47.0 Å². The fourth-order valence-corrected chi connectivity index (χ4v) is 19.8. The van der Waals surface area contributed by atoms with Gasteiger partial charge in [-0.05, 0) is 118 Å². The molecule has 0 saturated carbocycles. The van der Waals surface area contributed by atoms with E-state index in [1.165, 1.54) is 41.0 Å². The van der Waals surface area contributed by atoms with Crippen LogP contribution in [0.4, 0.5) is 0 Å². The highest BCUT2D eigenvalue weighted by Crippen LogP contribution is 2.37. The molecule has 0 radical (unpaired) electrons. The maximum absolute atomic E-state index is 10.4. The number of nitrogens with zero attached hydrogens (tertiary/aromatic N) is 4.